The van der Waals surface area contributed by atoms with E-state index in [1.807, 2.05) is 13.8 Å². The van der Waals surface area contributed by atoms with Crippen molar-refractivity contribution >= 4 is 38.9 Å². The van der Waals surface area contributed by atoms with Crippen LogP contribution >= 0.6 is 11.6 Å². The molecule has 0 fully saturated rings. The number of amides is 1. The number of rotatable bonds is 9. The topological polar surface area (TPSA) is 117 Å². The van der Waals surface area contributed by atoms with Crippen molar-refractivity contribution in [3.63, 3.8) is 0 Å². The molecule has 33 heavy (non-hydrogen) atoms. The molecule has 0 aliphatic rings. The van der Waals surface area contributed by atoms with E-state index in [0.717, 1.165) is 17.0 Å². The molecule has 0 radical (unpaired) electrons. The third kappa shape index (κ3) is 6.12. The first-order chi connectivity index (χ1) is 15.7. The number of nitrogens with zero attached hydrogens (tertiary/aromatic N) is 3. The molecule has 2 aromatic carbocycles. The zero-order chi connectivity index (χ0) is 24.0. The Hall–Kier alpha value is -3.35. The van der Waals surface area contributed by atoms with E-state index < -0.39 is 10.0 Å². The van der Waals surface area contributed by atoms with E-state index in [9.17, 15) is 13.2 Å². The average Bonchev–Trinajstić information content (AvgIpc) is 3.05. The molecule has 8 nitrogen and oxygen atoms in total. The number of para-hydroxylation sites is 1. The fraction of sp³-hybridized carbons (Fsp3) is 0.261. The van der Waals surface area contributed by atoms with E-state index in [0.29, 0.717) is 25.1 Å². The van der Waals surface area contributed by atoms with Gasteiger partial charge in [-0.15, -0.1) is 0 Å². The number of anilines is 2. The highest BCUT2D eigenvalue weighted by molar-refractivity contribution is 7.92. The molecule has 0 saturated carbocycles. The Bertz CT molecular complexity index is 1310. The van der Waals surface area contributed by atoms with E-state index in [1.165, 1.54) is 12.1 Å². The first-order valence-electron chi connectivity index (χ1n) is 10.3. The molecule has 1 amide bonds. The Labute approximate surface area is 198 Å². The Kier molecular flexibility index (Phi) is 7.74. The normalized spacial score (nSPS) is 11.1. The van der Waals surface area contributed by atoms with Crippen molar-refractivity contribution in [3.8, 4) is 6.07 Å². The monoisotopic (exact) mass is 485 g/mol. The van der Waals surface area contributed by atoms with E-state index in [4.69, 9.17) is 16.9 Å². The molecule has 1 heterocycles. The summed E-state index contributed by atoms with van der Waals surface area (Å²) in [5, 5.41) is 16.3. The van der Waals surface area contributed by atoms with Crippen LogP contribution in [0.1, 0.15) is 29.8 Å². The molecule has 0 aliphatic carbocycles. The van der Waals surface area contributed by atoms with Crippen LogP contribution in [-0.2, 0) is 27.8 Å². The van der Waals surface area contributed by atoms with Crippen molar-refractivity contribution in [2.45, 2.75) is 44.6 Å². The van der Waals surface area contributed by atoms with Gasteiger partial charge in [0.2, 0.25) is 5.91 Å². The van der Waals surface area contributed by atoms with Gasteiger partial charge < -0.3 is 5.32 Å². The van der Waals surface area contributed by atoms with Crippen molar-refractivity contribution in [1.82, 2.24) is 9.78 Å². The highest BCUT2D eigenvalue weighted by Crippen LogP contribution is 2.25. The minimum Gasteiger partial charge on any atom is -0.326 e. The van der Waals surface area contributed by atoms with E-state index >= 15 is 0 Å². The number of carbonyl (C=O) groups is 1. The van der Waals surface area contributed by atoms with Crippen LogP contribution in [0.4, 0.5) is 11.4 Å². The number of nitriles is 1. The van der Waals surface area contributed by atoms with Crippen LogP contribution in [0.5, 0.6) is 0 Å². The second-order valence-corrected chi connectivity index (χ2v) is 9.53. The molecule has 0 atom stereocenters. The van der Waals surface area contributed by atoms with E-state index in [2.05, 4.69) is 21.2 Å². The zero-order valence-electron chi connectivity index (χ0n) is 18.3. The second kappa shape index (κ2) is 10.5. The van der Waals surface area contributed by atoms with Crippen LogP contribution in [0, 0.1) is 25.2 Å². The molecule has 3 aromatic rings. The van der Waals surface area contributed by atoms with Gasteiger partial charge in [0.15, 0.2) is 0 Å². The van der Waals surface area contributed by atoms with Gasteiger partial charge in [0.25, 0.3) is 10.0 Å². The molecule has 0 aliphatic heterocycles. The maximum absolute atomic E-state index is 12.7. The number of aromatic nitrogens is 2. The molecule has 0 saturated heterocycles. The predicted octanol–water partition coefficient (Wildman–Crippen LogP) is 4.44. The third-order valence-corrected chi connectivity index (χ3v) is 6.81. The molecule has 0 unspecified atom stereocenters. The van der Waals surface area contributed by atoms with Gasteiger partial charge in [0, 0.05) is 17.8 Å². The van der Waals surface area contributed by atoms with Crippen LogP contribution < -0.4 is 10.0 Å². The van der Waals surface area contributed by atoms with Crippen LogP contribution in [-0.4, -0.2) is 24.1 Å². The van der Waals surface area contributed by atoms with E-state index in [1.54, 1.807) is 41.1 Å². The van der Waals surface area contributed by atoms with Gasteiger partial charge in [-0.1, -0.05) is 29.8 Å². The lowest BCUT2D eigenvalue weighted by molar-refractivity contribution is -0.116. The lowest BCUT2D eigenvalue weighted by Crippen LogP contribution is -2.15. The van der Waals surface area contributed by atoms with Gasteiger partial charge in [-0.2, -0.15) is 10.4 Å². The fourth-order valence-corrected chi connectivity index (χ4v) is 4.78. The Balaban J connectivity index is 1.66. The van der Waals surface area contributed by atoms with Gasteiger partial charge >= 0.3 is 0 Å². The molecular formula is C23H24ClN5O3S. The summed E-state index contributed by atoms with van der Waals surface area (Å²) in [6.07, 6.45) is 1.06. The highest BCUT2D eigenvalue weighted by atomic mass is 35.5. The minimum atomic E-state index is -3.89. The number of carbonyl (C=O) groups excluding carboxylic acids is 1. The molecule has 10 heteroatoms. The lowest BCUT2D eigenvalue weighted by atomic mass is 10.1. The number of hydrogen-bond acceptors (Lipinski definition) is 5. The van der Waals surface area contributed by atoms with Gasteiger partial charge in [0.05, 0.1) is 40.3 Å². The van der Waals surface area contributed by atoms with Gasteiger partial charge in [-0.25, -0.2) is 8.42 Å². The van der Waals surface area contributed by atoms with Gasteiger partial charge in [-0.3, -0.25) is 14.2 Å². The average molecular weight is 486 g/mol. The standard InChI is InChI=1S/C23H24ClN5O3S/c1-16-20(17(2)29(27-16)14-6-13-25)11-12-23(30)26-18-7-5-8-19(15-18)33(31,32)28-22-10-4-3-9-21(22)24/h3-5,7-10,15,28H,6,11-12,14H2,1-2H3,(H,26,30). The molecule has 1 aromatic heterocycles. The summed E-state index contributed by atoms with van der Waals surface area (Å²) in [6.45, 7) is 4.31. The van der Waals surface area contributed by atoms with E-state index in [-0.39, 0.29) is 27.9 Å². The first-order valence-corrected chi connectivity index (χ1v) is 12.1. The summed E-state index contributed by atoms with van der Waals surface area (Å²) in [6, 6.07) is 14.7. The summed E-state index contributed by atoms with van der Waals surface area (Å²) in [5.41, 5.74) is 3.39. The van der Waals surface area contributed by atoms with Crippen molar-refractivity contribution in [2.75, 3.05) is 10.0 Å². The number of benzene rings is 2. The molecule has 172 valence electrons. The fourth-order valence-electron chi connectivity index (χ4n) is 3.42. The second-order valence-electron chi connectivity index (χ2n) is 7.44. The highest BCUT2D eigenvalue weighted by Gasteiger charge is 2.17. The SMILES string of the molecule is Cc1nn(CCC#N)c(C)c1CCC(=O)Nc1cccc(S(=O)(=O)Nc2ccccc2Cl)c1. The summed E-state index contributed by atoms with van der Waals surface area (Å²) >= 11 is 6.05. The van der Waals surface area contributed by atoms with Crippen LogP contribution in [0.3, 0.4) is 0 Å². The molecule has 0 bridgehead atoms. The van der Waals surface area contributed by atoms with Gasteiger partial charge in [-0.05, 0) is 56.2 Å². The van der Waals surface area contributed by atoms with Crippen molar-refractivity contribution < 1.29 is 13.2 Å². The number of nitrogens with one attached hydrogen (secondary N) is 2. The van der Waals surface area contributed by atoms with Crippen LogP contribution in [0.15, 0.2) is 53.4 Å². The quantitative estimate of drug-likeness (QED) is 0.464. The first kappa shape index (κ1) is 24.3. The Morgan fingerprint density at radius 2 is 1.94 bits per heavy atom. The van der Waals surface area contributed by atoms with Crippen LogP contribution in [0.2, 0.25) is 5.02 Å². The Morgan fingerprint density at radius 3 is 2.67 bits per heavy atom. The molecule has 2 N–H and O–H groups in total. The Morgan fingerprint density at radius 1 is 1.18 bits per heavy atom. The molecule has 3 rings (SSSR count). The maximum atomic E-state index is 12.7. The zero-order valence-corrected chi connectivity index (χ0v) is 19.9. The van der Waals surface area contributed by atoms with Gasteiger partial charge in [0.1, 0.15) is 0 Å². The van der Waals surface area contributed by atoms with Crippen molar-refractivity contribution in [3.05, 3.63) is 70.5 Å². The van der Waals surface area contributed by atoms with Crippen LogP contribution in [0.25, 0.3) is 0 Å². The smallest absolute Gasteiger partial charge is 0.262 e. The van der Waals surface area contributed by atoms with Crippen molar-refractivity contribution in [1.29, 1.82) is 5.26 Å². The minimum absolute atomic E-state index is 0.00526. The molecular weight excluding hydrogens is 462 g/mol. The predicted molar refractivity (Wildman–Crippen MR) is 128 cm³/mol. The number of sulfonamides is 1. The molecule has 0 spiro atoms. The lowest BCUT2D eigenvalue weighted by Gasteiger charge is -2.11. The summed E-state index contributed by atoms with van der Waals surface area (Å²) in [4.78, 5) is 12.5. The maximum Gasteiger partial charge on any atom is 0.262 e. The number of aryl methyl sites for hydroxylation is 2. The largest absolute Gasteiger partial charge is 0.326 e. The number of halogens is 1. The summed E-state index contributed by atoms with van der Waals surface area (Å²) < 4.78 is 29.7. The summed E-state index contributed by atoms with van der Waals surface area (Å²) in [5.74, 6) is -0.243. The number of hydrogen-bond donors (Lipinski definition) is 2. The third-order valence-electron chi connectivity index (χ3n) is 5.12. The summed E-state index contributed by atoms with van der Waals surface area (Å²) in [7, 11) is -3.89. The van der Waals surface area contributed by atoms with Crippen molar-refractivity contribution in [2.24, 2.45) is 0 Å².